The summed E-state index contributed by atoms with van der Waals surface area (Å²) in [5.41, 5.74) is 10.5. The molecular formula is C98H102F4N14O16. The van der Waals surface area contributed by atoms with E-state index in [1.165, 1.54) is 23.1 Å². The number of aromatic carboxylic acids is 2. The van der Waals surface area contributed by atoms with Crippen LogP contribution in [-0.2, 0) is 66.2 Å². The summed E-state index contributed by atoms with van der Waals surface area (Å²) in [6.07, 6.45) is -0.590. The molecule has 30 nitrogen and oxygen atoms in total. The molecule has 0 aromatic heterocycles. The number of halogens is 4. The highest BCUT2D eigenvalue weighted by molar-refractivity contribution is 6.11. The highest BCUT2D eigenvalue weighted by atomic mass is 19.3. The zero-order valence-corrected chi connectivity index (χ0v) is 74.7. The van der Waals surface area contributed by atoms with Crippen molar-refractivity contribution >= 4 is 104 Å². The average molecular weight is 1810 g/mol. The third kappa shape index (κ3) is 19.6. The van der Waals surface area contributed by atoms with E-state index in [4.69, 9.17) is 8.83 Å². The second kappa shape index (κ2) is 37.6. The lowest BCUT2D eigenvalue weighted by Crippen LogP contribution is -2.46. The van der Waals surface area contributed by atoms with Crippen LogP contribution < -0.4 is 71.8 Å². The Morgan fingerprint density at radius 3 is 1.33 bits per heavy atom. The van der Waals surface area contributed by atoms with Crippen molar-refractivity contribution in [3.05, 3.63) is 212 Å². The van der Waals surface area contributed by atoms with Crippen LogP contribution >= 0.6 is 0 Å². The van der Waals surface area contributed by atoms with Crippen LogP contribution in [0, 0.1) is 11.8 Å². The van der Waals surface area contributed by atoms with E-state index in [9.17, 15) is 85.3 Å². The number of carbonyl (C=O) groups excluding carboxylic acids is 12. The van der Waals surface area contributed by atoms with E-state index in [-0.39, 0.29) is 111 Å². The van der Waals surface area contributed by atoms with E-state index < -0.39 is 127 Å². The summed E-state index contributed by atoms with van der Waals surface area (Å²) >= 11 is 0. The fourth-order valence-corrected chi connectivity index (χ4v) is 18.5. The molecule has 0 unspecified atom stereocenters. The number of carboxylic acid groups (broad SMARTS) is 2. The summed E-state index contributed by atoms with van der Waals surface area (Å²) in [5, 5.41) is 44.9. The monoisotopic (exact) mass is 1810 g/mol. The van der Waals surface area contributed by atoms with Gasteiger partial charge in [0.05, 0.1) is 37.2 Å². The zero-order valence-electron chi connectivity index (χ0n) is 74.7. The number of hydrogen-bond acceptors (Lipinski definition) is 18. The number of hydrogen-bond donors (Lipinski definition) is 6. The van der Waals surface area contributed by atoms with Gasteiger partial charge in [-0.2, -0.15) is 0 Å². The second-order valence-electron chi connectivity index (χ2n) is 35.6. The van der Waals surface area contributed by atoms with Crippen LogP contribution in [0.15, 0.2) is 154 Å². The van der Waals surface area contributed by atoms with Crippen LogP contribution in [0.1, 0.15) is 138 Å². The van der Waals surface area contributed by atoms with Gasteiger partial charge in [0.2, 0.25) is 52.1 Å². The summed E-state index contributed by atoms with van der Waals surface area (Å²) in [7, 11) is 15.3. The molecule has 688 valence electrons. The van der Waals surface area contributed by atoms with Crippen molar-refractivity contribution in [1.82, 2.24) is 60.7 Å². The molecule has 6 N–H and O–H groups in total. The third-order valence-corrected chi connectivity index (χ3v) is 25.5. The van der Waals surface area contributed by atoms with Crippen molar-refractivity contribution in [2.45, 2.75) is 127 Å². The first kappa shape index (κ1) is 92.4. The van der Waals surface area contributed by atoms with Gasteiger partial charge in [-0.15, -0.1) is 0 Å². The minimum absolute atomic E-state index is 0.0105. The predicted molar refractivity (Wildman–Crippen MR) is 479 cm³/mol. The van der Waals surface area contributed by atoms with Gasteiger partial charge in [-0.25, -0.2) is 26.7 Å². The Kier molecular flexibility index (Phi) is 26.3. The minimum Gasteiger partial charge on any atom is -0.545 e. The van der Waals surface area contributed by atoms with E-state index in [0.717, 1.165) is 54.1 Å². The Balaban J connectivity index is 0.000000202. The van der Waals surface area contributed by atoms with Crippen LogP contribution in [-0.4, -0.2) is 222 Å². The Bertz CT molecular complexity index is 6480. The summed E-state index contributed by atoms with van der Waals surface area (Å²) in [6.45, 7) is 2.86. The number of rotatable bonds is 24. The third-order valence-electron chi connectivity index (χ3n) is 25.5. The van der Waals surface area contributed by atoms with Crippen molar-refractivity contribution in [2.75, 3.05) is 105 Å². The largest absolute Gasteiger partial charge is 0.545 e. The van der Waals surface area contributed by atoms with Gasteiger partial charge in [0.15, 0.2) is 0 Å². The van der Waals surface area contributed by atoms with Gasteiger partial charge in [-0.3, -0.25) is 47.9 Å². The molecule has 4 saturated heterocycles. The average Bonchev–Trinajstić information content (AvgIpc) is 1.17. The molecule has 8 aliphatic heterocycles. The summed E-state index contributed by atoms with van der Waals surface area (Å²) in [4.78, 5) is 166. The molecule has 6 aromatic rings. The molecule has 34 heteroatoms. The number of likely N-dealkylation sites (tertiary alicyclic amines) is 2. The molecule has 10 amide bonds. The zero-order chi connectivity index (χ0) is 94.4. The molecule has 6 atom stereocenters. The Morgan fingerprint density at radius 1 is 0.485 bits per heavy atom. The predicted octanol–water partition coefficient (Wildman–Crippen LogP) is 5.96. The molecule has 0 radical (unpaired) electrons. The first-order valence-electron chi connectivity index (χ1n) is 43.7. The fourth-order valence-electron chi connectivity index (χ4n) is 18.5. The first-order chi connectivity index (χ1) is 62.7. The van der Waals surface area contributed by atoms with Crippen LogP contribution in [0.5, 0.6) is 0 Å². The molecule has 132 heavy (non-hydrogen) atoms. The topological polar surface area (TPSA) is 375 Å². The molecule has 8 heterocycles. The summed E-state index contributed by atoms with van der Waals surface area (Å²) in [5.74, 6) is -13.8. The van der Waals surface area contributed by atoms with Gasteiger partial charge < -0.3 is 89.9 Å². The molecular weight excluding hydrogens is 1710 g/mol. The fraction of sp³-hybridized carbons (Fsp3) is 0.367. The van der Waals surface area contributed by atoms with E-state index in [1.807, 2.05) is 166 Å². The number of alkyl halides is 4. The van der Waals surface area contributed by atoms with Gasteiger partial charge >= 0.3 is 0 Å². The Hall–Kier alpha value is -14.3. The molecule has 16 rings (SSSR count). The summed E-state index contributed by atoms with van der Waals surface area (Å²) in [6, 6.07) is 39.1. The number of carboxylic acids is 2. The summed E-state index contributed by atoms with van der Waals surface area (Å²) < 4.78 is 72.4. The highest BCUT2D eigenvalue weighted by Crippen LogP contribution is 2.46. The maximum atomic E-state index is 13.9. The van der Waals surface area contributed by atoms with Crippen molar-refractivity contribution < 1.29 is 94.1 Å². The van der Waals surface area contributed by atoms with Gasteiger partial charge in [0.1, 0.15) is 63.0 Å². The smallest absolute Gasteiger partial charge is 0.267 e. The van der Waals surface area contributed by atoms with Crippen molar-refractivity contribution in [3.63, 3.8) is 0 Å². The van der Waals surface area contributed by atoms with E-state index in [2.05, 4.69) is 31.9 Å². The van der Waals surface area contributed by atoms with E-state index >= 15 is 0 Å². The van der Waals surface area contributed by atoms with Crippen LogP contribution in [0.2, 0.25) is 0 Å². The molecule has 6 aromatic carbocycles. The van der Waals surface area contributed by atoms with Gasteiger partial charge in [0.25, 0.3) is 29.6 Å². The number of anilines is 2. The first-order valence-corrected chi connectivity index (χ1v) is 43.7. The SMILES string of the molecule is C[C@@H]1CC(F)(F)CN1C(=O)[C@@H]1C[C@@H](CC(=O)N2Cc3cccc(C(=O)NCCNC(=O)c4ccc(-c5c6ccc(=[N+](C)C)cc-6oc6cc(N(C)C)ccc56)c(C(=O)[O-])c4)c3C2)C(=O)N1.C[C@@H]1CC(F)(F)CN1C(=O)[C@@H]1C[C@@H](CC(=O)N2Cc3cccc(CCC(=O)NCCNC(=O)c4ccc(-c5c6ccc(=[N+](C)C)cc-6oc6cc(N(C)C)ccc56)c(C(=O)[O-])c4)c3C2)C(=O)N1. The van der Waals surface area contributed by atoms with Crippen molar-refractivity contribution in [3.8, 4) is 44.9 Å². The number of benzene rings is 8. The number of nitrogens with one attached hydrogen (secondary N) is 6. The van der Waals surface area contributed by atoms with Crippen LogP contribution in [0.25, 0.3) is 66.8 Å². The molecule has 0 bridgehead atoms. The van der Waals surface area contributed by atoms with Crippen molar-refractivity contribution in [1.29, 1.82) is 0 Å². The van der Waals surface area contributed by atoms with E-state index in [1.54, 1.807) is 55.1 Å². The quantitative estimate of drug-likeness (QED) is 0.0176. The maximum Gasteiger partial charge on any atom is 0.267 e. The second-order valence-corrected chi connectivity index (χ2v) is 35.6. The molecule has 2 aliphatic carbocycles. The standard InChI is InChI=1S/C50H53F2N7O8.C48H49F2N7O8/c1-28-24-50(51,52)27-59(28)48(64)40-20-32(47(63)55-40)21-44(61)58-25-31-8-6-7-29(39(31)26-58)10-16-43(60)53-17-18-54-46(62)30-9-13-35(38(19-30)49(65)66)45-36-14-11-33(56(2)3)22-41(36)67-42-23-34(57(4)5)12-15-37(42)45;1-26-22-48(49,50)25-57(26)46(62)38-18-29(44(60)53-38)19-41(58)56-23-28-7-6-8-33(37(28)24-56)45(61)52-16-15-51-43(59)27-9-12-32(36(17-27)47(63)64)42-34-13-10-30(54(2)3)20-39(34)65-40-21-31(55(4)5)11-14-35(40)42/h6-9,11-15,19,22-23,28,32,40H,10,16-18,20-21,24-27H2,1-5H3,(H3-,53,54,55,60,62,63,65,66);6-14,17,20-21,26,29,38H,15-16,18-19,22-25H2,1-5H3,(H3-,51,52,53,59,60,61,63,64)/t28-,32+,40+;26-,29+,38+/m11/s1. The molecule has 10 aliphatic rings. The number of aryl methyl sites for hydroxylation is 1. The number of carbonyl (C=O) groups is 12. The Labute approximate surface area is 757 Å². The van der Waals surface area contributed by atoms with Gasteiger partial charge in [-0.05, 0) is 139 Å². The van der Waals surface area contributed by atoms with Gasteiger partial charge in [0, 0.05) is 233 Å². The minimum atomic E-state index is -2.99. The van der Waals surface area contributed by atoms with Crippen LogP contribution in [0.3, 0.4) is 0 Å². The molecule has 4 fully saturated rings. The lowest BCUT2D eigenvalue weighted by atomic mass is 9.89. The highest BCUT2D eigenvalue weighted by Gasteiger charge is 2.51. The number of nitrogens with zero attached hydrogens (tertiary/aromatic N) is 8. The van der Waals surface area contributed by atoms with Crippen molar-refractivity contribution in [2.24, 2.45) is 11.8 Å². The van der Waals surface area contributed by atoms with E-state index in [0.29, 0.717) is 97.5 Å². The lowest BCUT2D eigenvalue weighted by Gasteiger charge is -2.24. The van der Waals surface area contributed by atoms with Gasteiger partial charge in [-0.1, -0.05) is 42.5 Å². The number of amides is 10. The normalized spacial score (nSPS) is 18.6. The molecule has 0 spiro atoms. The van der Waals surface area contributed by atoms with Crippen LogP contribution in [0.4, 0.5) is 28.9 Å². The Morgan fingerprint density at radius 2 is 0.902 bits per heavy atom. The molecule has 0 saturated carbocycles. The maximum absolute atomic E-state index is 13.9. The lowest BCUT2D eigenvalue weighted by molar-refractivity contribution is -0.256. The number of fused-ring (bicyclic) bond motifs is 6.